The average molecular weight is 272 g/mol. The van der Waals surface area contributed by atoms with Crippen LogP contribution in [0.15, 0.2) is 42.7 Å². The molecule has 108 valence electrons. The first-order valence-corrected chi connectivity index (χ1v) is 7.15. The summed E-state index contributed by atoms with van der Waals surface area (Å²) in [7, 11) is 2.01. The van der Waals surface area contributed by atoms with Crippen LogP contribution in [0.5, 0.6) is 0 Å². The Bertz CT molecular complexity index is 528. The molecule has 1 aromatic carbocycles. The molecule has 1 atom stereocenters. The Morgan fingerprint density at radius 2 is 1.75 bits per heavy atom. The first kappa shape index (κ1) is 14.8. The number of hydrogen-bond donors (Lipinski definition) is 2. The highest BCUT2D eigenvalue weighted by atomic mass is 16.3. The van der Waals surface area contributed by atoms with Gasteiger partial charge in [-0.1, -0.05) is 38.1 Å². The molecule has 2 aromatic rings. The summed E-state index contributed by atoms with van der Waals surface area (Å²) in [6, 6.07) is 10.7. The van der Waals surface area contributed by atoms with Gasteiger partial charge >= 0.3 is 0 Å². The quantitative estimate of drug-likeness (QED) is 0.848. The first-order chi connectivity index (χ1) is 9.63. The van der Waals surface area contributed by atoms with Gasteiger partial charge in [0, 0.05) is 25.0 Å². The largest absolute Gasteiger partial charge is 0.392 e. The van der Waals surface area contributed by atoms with Crippen molar-refractivity contribution in [3.8, 4) is 0 Å². The molecule has 0 saturated carbocycles. The molecule has 1 unspecified atom stereocenters. The van der Waals surface area contributed by atoms with Crippen molar-refractivity contribution < 1.29 is 5.11 Å². The predicted octanol–water partition coefficient (Wildman–Crippen LogP) is 2.95. The second-order valence-corrected chi connectivity index (χ2v) is 5.60. The lowest BCUT2D eigenvalue weighted by atomic mass is 9.99. The van der Waals surface area contributed by atoms with Crippen LogP contribution in [-0.4, -0.2) is 16.7 Å². The average Bonchev–Trinajstić information content (AvgIpc) is 2.88. The van der Waals surface area contributed by atoms with Crippen molar-refractivity contribution in [2.24, 2.45) is 5.92 Å². The maximum absolute atomic E-state index is 9.05. The van der Waals surface area contributed by atoms with Gasteiger partial charge in [0.05, 0.1) is 6.61 Å². The molecule has 0 bridgehead atoms. The van der Waals surface area contributed by atoms with Gasteiger partial charge in [0.25, 0.3) is 0 Å². The molecular formula is C17H24N2O. The van der Waals surface area contributed by atoms with E-state index in [0.29, 0.717) is 12.0 Å². The van der Waals surface area contributed by atoms with Gasteiger partial charge in [-0.15, -0.1) is 0 Å². The van der Waals surface area contributed by atoms with Crippen LogP contribution in [0.25, 0.3) is 0 Å². The summed E-state index contributed by atoms with van der Waals surface area (Å²) in [5.74, 6) is 0.569. The van der Waals surface area contributed by atoms with Crippen LogP contribution in [0.2, 0.25) is 0 Å². The number of nitrogens with one attached hydrogen (secondary N) is 1. The molecule has 3 nitrogen and oxygen atoms in total. The minimum absolute atomic E-state index is 0.103. The van der Waals surface area contributed by atoms with E-state index in [2.05, 4.69) is 54.3 Å². The normalized spacial score (nSPS) is 12.8. The maximum atomic E-state index is 9.05. The molecule has 20 heavy (non-hydrogen) atoms. The van der Waals surface area contributed by atoms with Crippen LogP contribution < -0.4 is 5.32 Å². The summed E-state index contributed by atoms with van der Waals surface area (Å²) in [5, 5.41) is 12.4. The van der Waals surface area contributed by atoms with Gasteiger partial charge in [0.1, 0.15) is 0 Å². The third-order valence-electron chi connectivity index (χ3n) is 3.68. The molecule has 0 amide bonds. The Kier molecular flexibility index (Phi) is 4.99. The summed E-state index contributed by atoms with van der Waals surface area (Å²) in [6.07, 6.45) is 4.34. The van der Waals surface area contributed by atoms with Crippen molar-refractivity contribution in [1.29, 1.82) is 0 Å². The molecule has 1 aromatic heterocycles. The van der Waals surface area contributed by atoms with Crippen LogP contribution >= 0.6 is 0 Å². The Morgan fingerprint density at radius 1 is 1.10 bits per heavy atom. The zero-order chi connectivity index (χ0) is 14.5. The van der Waals surface area contributed by atoms with Crippen LogP contribution in [0, 0.1) is 5.92 Å². The van der Waals surface area contributed by atoms with E-state index in [1.807, 2.05) is 19.2 Å². The van der Waals surface area contributed by atoms with E-state index in [4.69, 9.17) is 5.11 Å². The Morgan fingerprint density at radius 3 is 2.30 bits per heavy atom. The van der Waals surface area contributed by atoms with E-state index in [1.54, 1.807) is 0 Å². The van der Waals surface area contributed by atoms with Crippen molar-refractivity contribution in [1.82, 2.24) is 9.88 Å². The van der Waals surface area contributed by atoms with Crippen molar-refractivity contribution >= 4 is 0 Å². The molecule has 2 N–H and O–H groups in total. The third-order valence-corrected chi connectivity index (χ3v) is 3.68. The Labute approximate surface area is 121 Å². The standard InChI is InChI=1S/C17H24N2O/c1-13(2)17(18-3)16-8-9-19(11-16)10-14-4-6-15(12-20)7-5-14/h4-9,11,13,17-18,20H,10,12H2,1-3H3. The summed E-state index contributed by atoms with van der Waals surface area (Å²) in [6.45, 7) is 5.42. The summed E-state index contributed by atoms with van der Waals surface area (Å²) in [4.78, 5) is 0. The molecule has 1 heterocycles. The summed E-state index contributed by atoms with van der Waals surface area (Å²) < 4.78 is 2.20. The molecular weight excluding hydrogens is 248 g/mol. The van der Waals surface area contributed by atoms with Gasteiger partial charge in [-0.3, -0.25) is 0 Å². The molecule has 2 rings (SSSR count). The number of aliphatic hydroxyl groups is 1. The fourth-order valence-corrected chi connectivity index (χ4v) is 2.59. The van der Waals surface area contributed by atoms with Gasteiger partial charge in [0.15, 0.2) is 0 Å². The lowest BCUT2D eigenvalue weighted by molar-refractivity contribution is 0.282. The summed E-state index contributed by atoms with van der Waals surface area (Å²) in [5.41, 5.74) is 3.53. The van der Waals surface area contributed by atoms with Crippen LogP contribution in [0.1, 0.15) is 36.6 Å². The number of hydrogen-bond acceptors (Lipinski definition) is 2. The van der Waals surface area contributed by atoms with Crippen molar-refractivity contribution in [2.75, 3.05) is 7.05 Å². The van der Waals surface area contributed by atoms with E-state index in [-0.39, 0.29) is 6.61 Å². The molecule has 0 radical (unpaired) electrons. The van der Waals surface area contributed by atoms with Crippen LogP contribution in [-0.2, 0) is 13.2 Å². The SMILES string of the molecule is CNC(c1ccn(Cc2ccc(CO)cc2)c1)C(C)C. The van der Waals surface area contributed by atoms with Crippen LogP contribution in [0.3, 0.4) is 0 Å². The van der Waals surface area contributed by atoms with Crippen LogP contribution in [0.4, 0.5) is 0 Å². The molecule has 3 heteroatoms. The number of benzene rings is 1. The molecule has 0 aliphatic heterocycles. The zero-order valence-electron chi connectivity index (χ0n) is 12.5. The minimum atomic E-state index is 0.103. The molecule has 0 saturated heterocycles. The molecule has 0 aliphatic carbocycles. The van der Waals surface area contributed by atoms with Crippen molar-refractivity contribution in [3.05, 3.63) is 59.4 Å². The van der Waals surface area contributed by atoms with E-state index < -0.39 is 0 Å². The first-order valence-electron chi connectivity index (χ1n) is 7.15. The molecule has 0 fully saturated rings. The van der Waals surface area contributed by atoms with Gasteiger partial charge in [-0.25, -0.2) is 0 Å². The maximum Gasteiger partial charge on any atom is 0.0681 e. The van der Waals surface area contributed by atoms with E-state index >= 15 is 0 Å². The van der Waals surface area contributed by atoms with Crippen molar-refractivity contribution in [2.45, 2.75) is 33.0 Å². The number of nitrogens with zero attached hydrogens (tertiary/aromatic N) is 1. The van der Waals surface area contributed by atoms with E-state index in [9.17, 15) is 0 Å². The highest BCUT2D eigenvalue weighted by Crippen LogP contribution is 2.21. The van der Waals surface area contributed by atoms with Gasteiger partial charge in [0.2, 0.25) is 0 Å². The third kappa shape index (κ3) is 3.50. The fraction of sp³-hybridized carbons (Fsp3) is 0.412. The monoisotopic (exact) mass is 272 g/mol. The highest BCUT2D eigenvalue weighted by molar-refractivity contribution is 5.23. The molecule has 0 spiro atoms. The van der Waals surface area contributed by atoms with Gasteiger partial charge in [-0.2, -0.15) is 0 Å². The number of aliphatic hydroxyl groups excluding tert-OH is 1. The number of aromatic nitrogens is 1. The smallest absolute Gasteiger partial charge is 0.0681 e. The fourth-order valence-electron chi connectivity index (χ4n) is 2.59. The number of rotatable bonds is 6. The van der Waals surface area contributed by atoms with Crippen molar-refractivity contribution in [3.63, 3.8) is 0 Å². The van der Waals surface area contributed by atoms with E-state index in [0.717, 1.165) is 12.1 Å². The summed E-state index contributed by atoms with van der Waals surface area (Å²) >= 11 is 0. The topological polar surface area (TPSA) is 37.2 Å². The molecule has 0 aliphatic rings. The lowest BCUT2D eigenvalue weighted by Gasteiger charge is -2.18. The Balaban J connectivity index is 2.08. The Hall–Kier alpha value is -1.58. The van der Waals surface area contributed by atoms with Gasteiger partial charge < -0.3 is 15.0 Å². The highest BCUT2D eigenvalue weighted by Gasteiger charge is 2.14. The second kappa shape index (κ2) is 6.73. The second-order valence-electron chi connectivity index (χ2n) is 5.60. The zero-order valence-corrected chi connectivity index (χ0v) is 12.5. The lowest BCUT2D eigenvalue weighted by Crippen LogP contribution is -2.21. The van der Waals surface area contributed by atoms with E-state index in [1.165, 1.54) is 11.1 Å². The minimum Gasteiger partial charge on any atom is -0.392 e. The predicted molar refractivity (Wildman–Crippen MR) is 82.5 cm³/mol. The van der Waals surface area contributed by atoms with Gasteiger partial charge in [-0.05, 0) is 35.7 Å².